The Morgan fingerprint density at radius 2 is 1.52 bits per heavy atom. The zero-order valence-electron chi connectivity index (χ0n) is 19.1. The van der Waals surface area contributed by atoms with E-state index >= 15 is 0 Å². The Hall–Kier alpha value is -2.91. The Kier molecular flexibility index (Phi) is 6.87. The summed E-state index contributed by atoms with van der Waals surface area (Å²) in [5.41, 5.74) is 0.819. The van der Waals surface area contributed by atoms with E-state index in [0.29, 0.717) is 19.2 Å². The third-order valence-electron chi connectivity index (χ3n) is 6.73. The van der Waals surface area contributed by atoms with Crippen molar-refractivity contribution in [3.8, 4) is 0 Å². The van der Waals surface area contributed by atoms with Crippen LogP contribution in [0, 0.1) is 0 Å². The van der Waals surface area contributed by atoms with Crippen LogP contribution in [0.4, 0.5) is 22.1 Å². The lowest BCUT2D eigenvalue weighted by Crippen LogP contribution is -2.50. The summed E-state index contributed by atoms with van der Waals surface area (Å²) in [6.07, 6.45) is 2.81. The number of nitrogens with one attached hydrogen (secondary N) is 1. The molecule has 2 aromatic rings. The van der Waals surface area contributed by atoms with Gasteiger partial charge in [0.05, 0.1) is 6.10 Å². The molecule has 4 heterocycles. The van der Waals surface area contributed by atoms with E-state index in [1.807, 2.05) is 35.2 Å². The SMILES string of the molecule is O=C(Nc1ccccc1)N1CCN(c2ccc(N3CCN(CC4CCCO4)CC3)nn2)CC1. The van der Waals surface area contributed by atoms with Crippen LogP contribution in [0.15, 0.2) is 42.5 Å². The summed E-state index contributed by atoms with van der Waals surface area (Å²) in [5.74, 6) is 1.82. The van der Waals surface area contributed by atoms with Gasteiger partial charge in [-0.2, -0.15) is 0 Å². The second-order valence-electron chi connectivity index (χ2n) is 8.94. The summed E-state index contributed by atoms with van der Waals surface area (Å²) < 4.78 is 5.78. The third-order valence-corrected chi connectivity index (χ3v) is 6.73. The van der Waals surface area contributed by atoms with Crippen LogP contribution in [-0.2, 0) is 4.74 Å². The number of carbonyl (C=O) groups excluding carboxylic acids is 1. The van der Waals surface area contributed by atoms with Crippen LogP contribution in [0.25, 0.3) is 0 Å². The van der Waals surface area contributed by atoms with Gasteiger partial charge in [-0.05, 0) is 37.1 Å². The molecular formula is C24H33N7O2. The Morgan fingerprint density at radius 1 is 0.879 bits per heavy atom. The fourth-order valence-corrected chi connectivity index (χ4v) is 4.75. The summed E-state index contributed by atoms with van der Waals surface area (Å²) >= 11 is 0. The summed E-state index contributed by atoms with van der Waals surface area (Å²) in [6, 6.07) is 13.6. The first kappa shape index (κ1) is 21.9. The van der Waals surface area contributed by atoms with E-state index in [1.165, 1.54) is 12.8 Å². The number of benzene rings is 1. The zero-order chi connectivity index (χ0) is 22.5. The monoisotopic (exact) mass is 451 g/mol. The topological polar surface area (TPSA) is 77.1 Å². The van der Waals surface area contributed by atoms with Gasteiger partial charge in [-0.3, -0.25) is 4.90 Å². The van der Waals surface area contributed by atoms with Crippen molar-refractivity contribution in [1.29, 1.82) is 0 Å². The highest BCUT2D eigenvalue weighted by Gasteiger charge is 2.25. The van der Waals surface area contributed by atoms with Crippen molar-refractivity contribution in [1.82, 2.24) is 20.0 Å². The van der Waals surface area contributed by atoms with Gasteiger partial charge in [0, 0.05) is 71.2 Å². The van der Waals surface area contributed by atoms with Gasteiger partial charge in [0.2, 0.25) is 0 Å². The largest absolute Gasteiger partial charge is 0.377 e. The molecule has 1 N–H and O–H groups in total. The van der Waals surface area contributed by atoms with Crippen LogP contribution >= 0.6 is 0 Å². The fraction of sp³-hybridized carbons (Fsp3) is 0.542. The van der Waals surface area contributed by atoms with Gasteiger partial charge in [-0.25, -0.2) is 4.79 Å². The van der Waals surface area contributed by atoms with Crippen molar-refractivity contribution < 1.29 is 9.53 Å². The van der Waals surface area contributed by atoms with Crippen molar-refractivity contribution in [3.63, 3.8) is 0 Å². The lowest BCUT2D eigenvalue weighted by atomic mass is 10.2. The molecule has 2 amide bonds. The Balaban J connectivity index is 1.08. The summed E-state index contributed by atoms with van der Waals surface area (Å²) in [6.45, 7) is 8.80. The molecule has 3 aliphatic heterocycles. The van der Waals surface area contributed by atoms with Crippen LogP contribution in [0.2, 0.25) is 0 Å². The van der Waals surface area contributed by atoms with Crippen molar-refractivity contribution in [2.75, 3.05) is 80.6 Å². The second-order valence-corrected chi connectivity index (χ2v) is 8.94. The summed E-state index contributed by atoms with van der Waals surface area (Å²) in [4.78, 5) is 21.4. The average molecular weight is 452 g/mol. The average Bonchev–Trinajstić information content (AvgIpc) is 3.38. The van der Waals surface area contributed by atoms with E-state index in [-0.39, 0.29) is 6.03 Å². The lowest BCUT2D eigenvalue weighted by Gasteiger charge is -2.37. The maximum Gasteiger partial charge on any atom is 0.321 e. The molecule has 1 aromatic carbocycles. The number of ether oxygens (including phenoxy) is 1. The molecule has 0 bridgehead atoms. The Labute approximate surface area is 195 Å². The van der Waals surface area contributed by atoms with Gasteiger partial charge in [-0.1, -0.05) is 18.2 Å². The maximum absolute atomic E-state index is 12.5. The second kappa shape index (κ2) is 10.4. The standard InChI is InChI=1S/C24H33N7O2/c32-24(25-20-5-2-1-3-6-20)31-16-14-30(15-17-31)23-9-8-22(26-27-23)29-12-10-28(11-13-29)19-21-7-4-18-33-21/h1-3,5-6,8-9,21H,4,7,10-19H2,(H,25,32). The minimum absolute atomic E-state index is 0.0547. The number of rotatable bonds is 5. The van der Waals surface area contributed by atoms with E-state index in [2.05, 4.69) is 42.3 Å². The van der Waals surface area contributed by atoms with Gasteiger partial charge in [0.1, 0.15) is 0 Å². The van der Waals surface area contributed by atoms with E-state index in [4.69, 9.17) is 4.74 Å². The molecule has 9 heteroatoms. The van der Waals surface area contributed by atoms with Crippen LogP contribution in [-0.4, -0.2) is 97.6 Å². The first-order chi connectivity index (χ1) is 16.2. The number of carbonyl (C=O) groups is 1. The van der Waals surface area contributed by atoms with Gasteiger partial charge < -0.3 is 24.8 Å². The quantitative estimate of drug-likeness (QED) is 0.746. The first-order valence-electron chi connectivity index (χ1n) is 12.0. The molecule has 3 aliphatic rings. The minimum atomic E-state index is -0.0547. The normalized spacial score (nSPS) is 21.9. The molecule has 33 heavy (non-hydrogen) atoms. The van der Waals surface area contributed by atoms with E-state index in [0.717, 1.165) is 69.7 Å². The molecule has 3 fully saturated rings. The number of para-hydroxylation sites is 1. The number of urea groups is 1. The highest BCUT2D eigenvalue weighted by Crippen LogP contribution is 2.20. The molecule has 1 atom stereocenters. The van der Waals surface area contributed by atoms with Crippen molar-refractivity contribution >= 4 is 23.4 Å². The van der Waals surface area contributed by atoms with E-state index < -0.39 is 0 Å². The van der Waals surface area contributed by atoms with Gasteiger partial charge in [0.25, 0.3) is 0 Å². The molecule has 1 aromatic heterocycles. The number of hydrogen-bond acceptors (Lipinski definition) is 7. The van der Waals surface area contributed by atoms with Crippen molar-refractivity contribution in [3.05, 3.63) is 42.5 Å². The van der Waals surface area contributed by atoms with Crippen LogP contribution in [0.3, 0.4) is 0 Å². The smallest absolute Gasteiger partial charge is 0.321 e. The molecule has 5 rings (SSSR count). The Bertz CT molecular complexity index is 889. The number of nitrogens with zero attached hydrogens (tertiary/aromatic N) is 6. The van der Waals surface area contributed by atoms with Crippen molar-refractivity contribution in [2.24, 2.45) is 0 Å². The third kappa shape index (κ3) is 5.54. The Morgan fingerprint density at radius 3 is 2.09 bits per heavy atom. The first-order valence-corrected chi connectivity index (χ1v) is 12.0. The molecule has 0 saturated carbocycles. The molecule has 3 saturated heterocycles. The van der Waals surface area contributed by atoms with E-state index in [9.17, 15) is 4.79 Å². The number of hydrogen-bond donors (Lipinski definition) is 1. The fourth-order valence-electron chi connectivity index (χ4n) is 4.75. The number of amides is 2. The molecule has 0 radical (unpaired) electrons. The number of anilines is 3. The summed E-state index contributed by atoms with van der Waals surface area (Å²) in [7, 11) is 0. The van der Waals surface area contributed by atoms with Gasteiger partial charge in [0.15, 0.2) is 11.6 Å². The maximum atomic E-state index is 12.5. The van der Waals surface area contributed by atoms with Gasteiger partial charge in [-0.15, -0.1) is 10.2 Å². The van der Waals surface area contributed by atoms with Crippen LogP contribution < -0.4 is 15.1 Å². The zero-order valence-corrected chi connectivity index (χ0v) is 19.1. The minimum Gasteiger partial charge on any atom is -0.377 e. The van der Waals surface area contributed by atoms with Crippen LogP contribution in [0.5, 0.6) is 0 Å². The molecule has 0 spiro atoms. The van der Waals surface area contributed by atoms with Crippen molar-refractivity contribution in [2.45, 2.75) is 18.9 Å². The summed E-state index contributed by atoms with van der Waals surface area (Å²) in [5, 5.41) is 12.0. The number of piperazine rings is 2. The van der Waals surface area contributed by atoms with E-state index in [1.54, 1.807) is 0 Å². The molecule has 176 valence electrons. The predicted molar refractivity (Wildman–Crippen MR) is 129 cm³/mol. The van der Waals surface area contributed by atoms with Gasteiger partial charge >= 0.3 is 6.03 Å². The molecule has 1 unspecified atom stereocenters. The lowest BCUT2D eigenvalue weighted by molar-refractivity contribution is 0.0712. The van der Waals surface area contributed by atoms with Crippen LogP contribution in [0.1, 0.15) is 12.8 Å². The highest BCUT2D eigenvalue weighted by atomic mass is 16.5. The predicted octanol–water partition coefficient (Wildman–Crippen LogP) is 2.13. The molecular weight excluding hydrogens is 418 g/mol. The molecule has 9 nitrogen and oxygen atoms in total. The number of aromatic nitrogens is 2. The highest BCUT2D eigenvalue weighted by molar-refractivity contribution is 5.89. The molecule has 0 aliphatic carbocycles.